The number of rotatable bonds is 8. The zero-order chi connectivity index (χ0) is 18.9. The van der Waals surface area contributed by atoms with Gasteiger partial charge in [-0.1, -0.05) is 31.2 Å². The molecule has 0 spiro atoms. The summed E-state index contributed by atoms with van der Waals surface area (Å²) < 4.78 is 5.35. The van der Waals surface area contributed by atoms with Crippen LogP contribution in [0.15, 0.2) is 34.6 Å². The Hall–Kier alpha value is -1.19. The average molecular weight is 502 g/mol. The third-order valence-corrected chi connectivity index (χ3v) is 5.32. The number of hydrogen-bond donors (Lipinski definition) is 1. The van der Waals surface area contributed by atoms with Gasteiger partial charge in [0.2, 0.25) is 0 Å². The van der Waals surface area contributed by atoms with Crippen molar-refractivity contribution >= 4 is 41.3 Å². The third kappa shape index (κ3) is 7.04. The first-order valence-electron chi connectivity index (χ1n) is 9.12. The number of ether oxygens (including phenoxy) is 1. The van der Waals surface area contributed by atoms with Crippen LogP contribution in [0.25, 0.3) is 0 Å². The van der Waals surface area contributed by atoms with E-state index in [2.05, 4.69) is 58.7 Å². The Balaban J connectivity index is 0.00000364. The molecule has 2 aromatic rings. The van der Waals surface area contributed by atoms with E-state index >= 15 is 0 Å². The number of benzene rings is 1. The summed E-state index contributed by atoms with van der Waals surface area (Å²) in [5, 5.41) is 6.48. The Morgan fingerprint density at radius 3 is 2.63 bits per heavy atom. The molecule has 0 aliphatic carbocycles. The van der Waals surface area contributed by atoms with Crippen LogP contribution in [-0.4, -0.2) is 36.5 Å². The highest BCUT2D eigenvalue weighted by Gasteiger charge is 2.13. The Kier molecular flexibility index (Phi) is 10.9. The molecule has 1 aromatic heterocycles. The lowest BCUT2D eigenvalue weighted by Crippen LogP contribution is -2.38. The molecule has 0 saturated heterocycles. The Morgan fingerprint density at radius 1 is 1.30 bits per heavy atom. The van der Waals surface area contributed by atoms with Crippen molar-refractivity contribution in [2.45, 2.75) is 46.4 Å². The normalized spacial score (nSPS) is 12.4. The fourth-order valence-electron chi connectivity index (χ4n) is 2.69. The van der Waals surface area contributed by atoms with Gasteiger partial charge in [0.25, 0.3) is 0 Å². The smallest absolute Gasteiger partial charge is 0.194 e. The highest BCUT2D eigenvalue weighted by atomic mass is 127. The van der Waals surface area contributed by atoms with Crippen molar-refractivity contribution in [3.05, 3.63) is 51.5 Å². The Morgan fingerprint density at radius 2 is 2.00 bits per heavy atom. The lowest BCUT2D eigenvalue weighted by molar-refractivity contribution is 0.119. The van der Waals surface area contributed by atoms with Crippen molar-refractivity contribution < 1.29 is 4.74 Å². The highest BCUT2D eigenvalue weighted by molar-refractivity contribution is 14.0. The predicted octanol–water partition coefficient (Wildman–Crippen LogP) is 4.63. The molecule has 1 atom stereocenters. The fourth-order valence-corrected chi connectivity index (χ4v) is 3.53. The van der Waals surface area contributed by atoms with Gasteiger partial charge in [0.1, 0.15) is 11.1 Å². The number of methoxy groups -OCH3 is 1. The minimum Gasteiger partial charge on any atom is -0.375 e. The van der Waals surface area contributed by atoms with Gasteiger partial charge >= 0.3 is 0 Å². The van der Waals surface area contributed by atoms with Crippen LogP contribution < -0.4 is 5.32 Å². The molecule has 5 nitrogen and oxygen atoms in total. The third-order valence-electron chi connectivity index (χ3n) is 4.26. The largest absolute Gasteiger partial charge is 0.375 e. The van der Waals surface area contributed by atoms with E-state index in [-0.39, 0.29) is 30.1 Å². The molecule has 0 amide bonds. The molecule has 0 aliphatic rings. The molecular formula is C20H31IN4OS. The molecule has 0 radical (unpaired) electrons. The molecule has 0 bridgehead atoms. The summed E-state index contributed by atoms with van der Waals surface area (Å²) in [7, 11) is 3.76. The van der Waals surface area contributed by atoms with E-state index in [1.54, 1.807) is 18.4 Å². The van der Waals surface area contributed by atoms with Gasteiger partial charge in [-0.15, -0.1) is 35.3 Å². The topological polar surface area (TPSA) is 49.8 Å². The minimum atomic E-state index is 0. The maximum Gasteiger partial charge on any atom is 0.194 e. The predicted molar refractivity (Wildman–Crippen MR) is 125 cm³/mol. The average Bonchev–Trinajstić information content (AvgIpc) is 3.13. The summed E-state index contributed by atoms with van der Waals surface area (Å²) in [6.07, 6.45) is 1.06. The number of thiazole rings is 1. The van der Waals surface area contributed by atoms with Gasteiger partial charge in [0, 0.05) is 26.1 Å². The maximum absolute atomic E-state index is 5.35. The first-order chi connectivity index (χ1) is 12.6. The molecule has 1 aromatic carbocycles. The van der Waals surface area contributed by atoms with Crippen molar-refractivity contribution in [1.29, 1.82) is 0 Å². The zero-order valence-corrected chi connectivity index (χ0v) is 20.0. The molecule has 0 aliphatic heterocycles. The van der Waals surface area contributed by atoms with Crippen LogP contribution in [0, 0.1) is 0 Å². The van der Waals surface area contributed by atoms with E-state index in [0.717, 1.165) is 29.6 Å². The van der Waals surface area contributed by atoms with E-state index in [1.165, 1.54) is 11.1 Å². The van der Waals surface area contributed by atoms with E-state index in [9.17, 15) is 0 Å². The molecule has 1 heterocycles. The van der Waals surface area contributed by atoms with Crippen LogP contribution >= 0.6 is 35.3 Å². The summed E-state index contributed by atoms with van der Waals surface area (Å²) in [6.45, 7) is 8.52. The van der Waals surface area contributed by atoms with Gasteiger partial charge < -0.3 is 15.0 Å². The second-order valence-corrected chi connectivity index (χ2v) is 7.09. The number of nitrogens with zero attached hydrogens (tertiary/aromatic N) is 3. The molecule has 0 saturated carbocycles. The summed E-state index contributed by atoms with van der Waals surface area (Å²) in [5.41, 5.74) is 3.67. The lowest BCUT2D eigenvalue weighted by atomic mass is 10.1. The van der Waals surface area contributed by atoms with Crippen LogP contribution in [0.4, 0.5) is 0 Å². The molecule has 27 heavy (non-hydrogen) atoms. The van der Waals surface area contributed by atoms with Gasteiger partial charge in [-0.2, -0.15) is 0 Å². The van der Waals surface area contributed by atoms with Gasteiger partial charge in [0.05, 0.1) is 18.8 Å². The summed E-state index contributed by atoms with van der Waals surface area (Å²) in [4.78, 5) is 11.6. The molecule has 150 valence electrons. The van der Waals surface area contributed by atoms with Crippen LogP contribution in [0.1, 0.15) is 48.7 Å². The molecular weight excluding hydrogens is 471 g/mol. The second kappa shape index (κ2) is 12.3. The van der Waals surface area contributed by atoms with Crippen LogP contribution in [0.3, 0.4) is 0 Å². The molecule has 1 N–H and O–H groups in total. The molecule has 1 unspecified atom stereocenters. The monoisotopic (exact) mass is 502 g/mol. The standard InChI is InChI=1S/C20H30N4OS.HI/c1-6-16-10-8-9-11-17(16)12-22-20(21-7-2)24(4)13-18-14-26-19(23-18)15(3)25-5;/h8-11,14-15H,6-7,12-13H2,1-5H3,(H,21,22);1H. The Labute approximate surface area is 184 Å². The van der Waals surface area contributed by atoms with Crippen LogP contribution in [-0.2, 0) is 24.2 Å². The van der Waals surface area contributed by atoms with Crippen molar-refractivity contribution in [3.8, 4) is 0 Å². The van der Waals surface area contributed by atoms with E-state index < -0.39 is 0 Å². The minimum absolute atomic E-state index is 0. The molecule has 0 fully saturated rings. The zero-order valence-electron chi connectivity index (χ0n) is 16.9. The van der Waals surface area contributed by atoms with Crippen molar-refractivity contribution in [1.82, 2.24) is 15.2 Å². The first-order valence-corrected chi connectivity index (χ1v) is 10.00. The second-order valence-electron chi connectivity index (χ2n) is 6.20. The molecule has 7 heteroatoms. The number of aromatic nitrogens is 1. The quantitative estimate of drug-likeness (QED) is 0.325. The summed E-state index contributed by atoms with van der Waals surface area (Å²) in [6, 6.07) is 8.50. The van der Waals surface area contributed by atoms with E-state index in [1.807, 2.05) is 14.0 Å². The van der Waals surface area contributed by atoms with E-state index in [0.29, 0.717) is 13.1 Å². The first kappa shape index (κ1) is 23.8. The highest BCUT2D eigenvalue weighted by Crippen LogP contribution is 2.21. The number of hydrogen-bond acceptors (Lipinski definition) is 4. The number of aliphatic imine (C=N–C) groups is 1. The summed E-state index contributed by atoms with van der Waals surface area (Å²) >= 11 is 1.64. The SMILES string of the molecule is CCNC(=NCc1ccccc1CC)N(C)Cc1csc(C(C)OC)n1.I. The van der Waals surface area contributed by atoms with Gasteiger partial charge in [-0.05, 0) is 31.4 Å². The maximum atomic E-state index is 5.35. The van der Waals surface area contributed by atoms with Crippen molar-refractivity contribution in [2.75, 3.05) is 20.7 Å². The lowest BCUT2D eigenvalue weighted by Gasteiger charge is -2.21. The number of aryl methyl sites for hydroxylation is 1. The van der Waals surface area contributed by atoms with Gasteiger partial charge in [0.15, 0.2) is 5.96 Å². The number of halogens is 1. The van der Waals surface area contributed by atoms with Crippen molar-refractivity contribution in [2.24, 2.45) is 4.99 Å². The van der Waals surface area contributed by atoms with Gasteiger partial charge in [-0.3, -0.25) is 0 Å². The number of nitrogens with one attached hydrogen (secondary N) is 1. The summed E-state index contributed by atoms with van der Waals surface area (Å²) in [5.74, 6) is 0.896. The Bertz CT molecular complexity index is 720. The van der Waals surface area contributed by atoms with Crippen LogP contribution in [0.2, 0.25) is 0 Å². The fraction of sp³-hybridized carbons (Fsp3) is 0.500. The van der Waals surface area contributed by atoms with Crippen molar-refractivity contribution in [3.63, 3.8) is 0 Å². The van der Waals surface area contributed by atoms with E-state index in [4.69, 9.17) is 9.73 Å². The molecule has 2 rings (SSSR count). The van der Waals surface area contributed by atoms with Gasteiger partial charge in [-0.25, -0.2) is 9.98 Å². The number of guanidine groups is 1. The van der Waals surface area contributed by atoms with Crippen LogP contribution in [0.5, 0.6) is 0 Å².